The van der Waals surface area contributed by atoms with Gasteiger partial charge in [-0.1, -0.05) is 40.2 Å². The predicted octanol–water partition coefficient (Wildman–Crippen LogP) is 5.56. The van der Waals surface area contributed by atoms with E-state index in [2.05, 4.69) is 26.0 Å². The largest absolute Gasteiger partial charge is 0.508 e. The van der Waals surface area contributed by atoms with Crippen LogP contribution in [0.5, 0.6) is 28.9 Å². The molecule has 0 fully saturated rings. The SMILES string of the molecule is COc1ccc(C2c3ccc(O)cc3Oc3ncn4nc(-c5ccccc5Br)nc4c32)cc1OC. The van der Waals surface area contributed by atoms with Crippen LogP contribution in [-0.4, -0.2) is 38.9 Å². The first-order valence-electron chi connectivity index (χ1n) is 10.8. The maximum Gasteiger partial charge on any atom is 0.228 e. The summed E-state index contributed by atoms with van der Waals surface area (Å²) in [5.41, 5.74) is 4.06. The van der Waals surface area contributed by atoms with Gasteiger partial charge in [0.15, 0.2) is 23.0 Å². The van der Waals surface area contributed by atoms with Gasteiger partial charge in [0.2, 0.25) is 5.88 Å². The number of aromatic nitrogens is 4. The maximum atomic E-state index is 10.1. The minimum absolute atomic E-state index is 0.109. The van der Waals surface area contributed by atoms with Crippen LogP contribution in [0.15, 0.2) is 71.5 Å². The fourth-order valence-electron chi connectivity index (χ4n) is 4.44. The van der Waals surface area contributed by atoms with Crippen molar-refractivity contribution in [1.82, 2.24) is 19.6 Å². The molecule has 174 valence electrons. The zero-order valence-electron chi connectivity index (χ0n) is 18.8. The molecule has 1 aliphatic heterocycles. The molecule has 1 N–H and O–H groups in total. The second-order valence-corrected chi connectivity index (χ2v) is 8.87. The Balaban J connectivity index is 1.62. The Morgan fingerprint density at radius 1 is 1.00 bits per heavy atom. The molecule has 0 radical (unpaired) electrons. The lowest BCUT2D eigenvalue weighted by atomic mass is 9.83. The van der Waals surface area contributed by atoms with E-state index in [9.17, 15) is 5.11 Å². The van der Waals surface area contributed by atoms with Crippen molar-refractivity contribution in [3.63, 3.8) is 0 Å². The summed E-state index contributed by atoms with van der Waals surface area (Å²) < 4.78 is 19.7. The third kappa shape index (κ3) is 3.47. The van der Waals surface area contributed by atoms with E-state index in [-0.39, 0.29) is 11.7 Å². The Kier molecular flexibility index (Phi) is 5.07. The molecule has 0 aliphatic carbocycles. The predicted molar refractivity (Wildman–Crippen MR) is 133 cm³/mol. The average molecular weight is 531 g/mol. The van der Waals surface area contributed by atoms with Crippen LogP contribution in [0.3, 0.4) is 0 Å². The minimum atomic E-state index is -0.304. The standard InChI is InChI=1S/C26H19BrN4O4/c1-33-19-10-7-14(11-21(19)34-2)22-17-9-8-15(32)12-20(17)35-26-23(22)25-29-24(30-31(25)13-28-26)16-5-3-4-6-18(16)27/h3-13,22,32H,1-2H3. The third-order valence-corrected chi connectivity index (χ3v) is 6.74. The van der Waals surface area contributed by atoms with Crippen molar-refractivity contribution in [2.45, 2.75) is 5.92 Å². The van der Waals surface area contributed by atoms with Gasteiger partial charge in [-0.3, -0.25) is 0 Å². The van der Waals surface area contributed by atoms with Gasteiger partial charge < -0.3 is 19.3 Å². The van der Waals surface area contributed by atoms with Crippen molar-refractivity contribution in [2.75, 3.05) is 14.2 Å². The normalized spacial score (nSPS) is 14.2. The molecule has 0 spiro atoms. The number of rotatable bonds is 4. The molecule has 35 heavy (non-hydrogen) atoms. The van der Waals surface area contributed by atoms with Crippen LogP contribution in [0, 0.1) is 0 Å². The highest BCUT2D eigenvalue weighted by atomic mass is 79.9. The lowest BCUT2D eigenvalue weighted by Crippen LogP contribution is -2.15. The van der Waals surface area contributed by atoms with Gasteiger partial charge in [-0.15, -0.1) is 5.10 Å². The van der Waals surface area contributed by atoms with Crippen LogP contribution >= 0.6 is 15.9 Å². The first-order valence-corrected chi connectivity index (χ1v) is 11.6. The van der Waals surface area contributed by atoms with Crippen LogP contribution in [0.25, 0.3) is 17.0 Å². The number of nitrogens with zero attached hydrogens (tertiary/aromatic N) is 4. The van der Waals surface area contributed by atoms with Crippen molar-refractivity contribution < 1.29 is 19.3 Å². The van der Waals surface area contributed by atoms with Gasteiger partial charge in [0, 0.05) is 27.6 Å². The van der Waals surface area contributed by atoms with Crippen molar-refractivity contribution in [3.8, 4) is 40.3 Å². The zero-order valence-corrected chi connectivity index (χ0v) is 20.4. The van der Waals surface area contributed by atoms with Crippen LogP contribution in [0.1, 0.15) is 22.6 Å². The second-order valence-electron chi connectivity index (χ2n) is 8.02. The van der Waals surface area contributed by atoms with E-state index in [1.807, 2.05) is 48.5 Å². The summed E-state index contributed by atoms with van der Waals surface area (Å²) >= 11 is 3.59. The number of phenols is 1. The van der Waals surface area contributed by atoms with Crippen LogP contribution < -0.4 is 14.2 Å². The number of benzene rings is 3. The summed E-state index contributed by atoms with van der Waals surface area (Å²) in [4.78, 5) is 9.44. The second kappa shape index (κ2) is 8.28. The van der Waals surface area contributed by atoms with Gasteiger partial charge in [-0.2, -0.15) is 0 Å². The number of ether oxygens (including phenoxy) is 3. The molecule has 1 atom stereocenters. The molecular weight excluding hydrogens is 512 g/mol. The summed E-state index contributed by atoms with van der Waals surface area (Å²) in [5.74, 6) is 2.54. The van der Waals surface area contributed by atoms with E-state index in [1.54, 1.807) is 37.2 Å². The molecule has 1 aliphatic rings. The van der Waals surface area contributed by atoms with Crippen molar-refractivity contribution in [1.29, 1.82) is 0 Å². The molecule has 8 nitrogen and oxygen atoms in total. The Bertz CT molecular complexity index is 1600. The van der Waals surface area contributed by atoms with Gasteiger partial charge >= 0.3 is 0 Å². The van der Waals surface area contributed by atoms with E-state index in [0.717, 1.165) is 26.7 Å². The molecule has 6 rings (SSSR count). The van der Waals surface area contributed by atoms with Crippen LogP contribution in [0.2, 0.25) is 0 Å². The molecule has 0 saturated heterocycles. The van der Waals surface area contributed by atoms with E-state index < -0.39 is 0 Å². The number of hydrogen-bond acceptors (Lipinski definition) is 7. The van der Waals surface area contributed by atoms with Crippen molar-refractivity contribution in [3.05, 3.63) is 88.2 Å². The molecule has 0 amide bonds. The summed E-state index contributed by atoms with van der Waals surface area (Å²) in [6, 6.07) is 18.7. The molecule has 1 unspecified atom stereocenters. The maximum absolute atomic E-state index is 10.1. The zero-order chi connectivity index (χ0) is 24.1. The Labute approximate surface area is 208 Å². The number of hydrogen-bond donors (Lipinski definition) is 1. The average Bonchev–Trinajstić information content (AvgIpc) is 3.31. The van der Waals surface area contributed by atoms with Crippen LogP contribution in [-0.2, 0) is 0 Å². The van der Waals surface area contributed by atoms with Crippen molar-refractivity contribution >= 4 is 21.6 Å². The van der Waals surface area contributed by atoms with Crippen LogP contribution in [0.4, 0.5) is 0 Å². The van der Waals surface area contributed by atoms with Crippen molar-refractivity contribution in [2.24, 2.45) is 0 Å². The topological polar surface area (TPSA) is 91.0 Å². The van der Waals surface area contributed by atoms with Gasteiger partial charge in [-0.25, -0.2) is 14.5 Å². The van der Waals surface area contributed by atoms with Gasteiger partial charge in [0.1, 0.15) is 17.8 Å². The highest BCUT2D eigenvalue weighted by molar-refractivity contribution is 9.10. The molecule has 3 aromatic carbocycles. The molecule has 0 saturated carbocycles. The fourth-order valence-corrected chi connectivity index (χ4v) is 4.90. The molecule has 9 heteroatoms. The number of halogens is 1. The highest BCUT2D eigenvalue weighted by Crippen LogP contribution is 2.49. The molecule has 5 aromatic rings. The van der Waals surface area contributed by atoms with Gasteiger partial charge in [0.05, 0.1) is 19.8 Å². The summed E-state index contributed by atoms with van der Waals surface area (Å²) in [6.45, 7) is 0. The number of phenolic OH excluding ortho intramolecular Hbond substituents is 1. The quantitative estimate of drug-likeness (QED) is 0.319. The smallest absolute Gasteiger partial charge is 0.228 e. The number of aromatic hydroxyl groups is 1. The lowest BCUT2D eigenvalue weighted by Gasteiger charge is -2.28. The van der Waals surface area contributed by atoms with Gasteiger partial charge in [-0.05, 0) is 35.9 Å². The molecule has 3 heterocycles. The molecule has 2 aromatic heterocycles. The minimum Gasteiger partial charge on any atom is -0.508 e. The molecule has 0 bridgehead atoms. The monoisotopic (exact) mass is 530 g/mol. The summed E-state index contributed by atoms with van der Waals surface area (Å²) in [6.07, 6.45) is 1.58. The van der Waals surface area contributed by atoms with E-state index in [0.29, 0.717) is 34.6 Å². The fraction of sp³-hybridized carbons (Fsp3) is 0.115. The third-order valence-electron chi connectivity index (χ3n) is 6.05. The Morgan fingerprint density at radius 2 is 1.83 bits per heavy atom. The lowest BCUT2D eigenvalue weighted by molar-refractivity contribution is 0.354. The highest BCUT2D eigenvalue weighted by Gasteiger charge is 2.34. The summed E-state index contributed by atoms with van der Waals surface area (Å²) in [7, 11) is 3.21. The van der Waals surface area contributed by atoms with E-state index in [1.165, 1.54) is 0 Å². The van der Waals surface area contributed by atoms with Gasteiger partial charge in [0.25, 0.3) is 0 Å². The first kappa shape index (κ1) is 21.4. The van der Waals surface area contributed by atoms with E-state index in [4.69, 9.17) is 19.2 Å². The van der Waals surface area contributed by atoms with E-state index >= 15 is 0 Å². The Hall–Kier alpha value is -4.11. The first-order chi connectivity index (χ1) is 17.1. The molecular formula is C26H19BrN4O4. The number of fused-ring (bicyclic) bond motifs is 4. The summed E-state index contributed by atoms with van der Waals surface area (Å²) in [5, 5.41) is 14.8. The Morgan fingerprint density at radius 3 is 2.63 bits per heavy atom. The number of methoxy groups -OCH3 is 2.